The summed E-state index contributed by atoms with van der Waals surface area (Å²) >= 11 is 0. The van der Waals surface area contributed by atoms with Crippen molar-refractivity contribution in [1.82, 2.24) is 4.90 Å². The Morgan fingerprint density at radius 3 is 2.00 bits per heavy atom. The van der Waals surface area contributed by atoms with E-state index < -0.39 is 0 Å². The molecule has 0 fully saturated rings. The third-order valence-corrected chi connectivity index (χ3v) is 1.18. The van der Waals surface area contributed by atoms with Gasteiger partial charge in [0.05, 0.1) is 12.3 Å². The first-order chi connectivity index (χ1) is 5.20. The molecule has 0 saturated carbocycles. The van der Waals surface area contributed by atoms with Gasteiger partial charge in [0.1, 0.15) is 0 Å². The fourth-order valence-corrected chi connectivity index (χ4v) is 0.827. The highest BCUT2D eigenvalue weighted by molar-refractivity contribution is 4.88. The van der Waals surface area contributed by atoms with Crippen molar-refractivity contribution in [2.24, 2.45) is 0 Å². The van der Waals surface area contributed by atoms with Gasteiger partial charge in [0, 0.05) is 13.1 Å². The zero-order chi connectivity index (χ0) is 8.69. The van der Waals surface area contributed by atoms with Gasteiger partial charge in [-0.1, -0.05) is 18.7 Å². The Balaban J connectivity index is 3.76. The third-order valence-electron chi connectivity index (χ3n) is 1.18. The van der Waals surface area contributed by atoms with Crippen LogP contribution in [0.3, 0.4) is 0 Å². The van der Waals surface area contributed by atoms with Gasteiger partial charge in [0.2, 0.25) is 0 Å². The van der Waals surface area contributed by atoms with Crippen molar-refractivity contribution in [3.63, 3.8) is 0 Å². The molecular formula is C9H15NO. The molecule has 0 aliphatic carbocycles. The highest BCUT2D eigenvalue weighted by atomic mass is 16.3. The second kappa shape index (κ2) is 5.74. The smallest absolute Gasteiger partial charge is 0.0991 e. The van der Waals surface area contributed by atoms with E-state index >= 15 is 0 Å². The Labute approximate surface area is 68.1 Å². The summed E-state index contributed by atoms with van der Waals surface area (Å²) < 4.78 is 0. The van der Waals surface area contributed by atoms with Crippen molar-refractivity contribution in [1.29, 1.82) is 0 Å². The zero-order valence-corrected chi connectivity index (χ0v) is 6.79. The fraction of sp³-hybridized carbons (Fsp3) is 0.333. The molecule has 0 saturated heterocycles. The SMILES string of the molecule is C=CCN(CC=C)CC(=C)O. The van der Waals surface area contributed by atoms with Crippen LogP contribution in [0, 0.1) is 0 Å². The fourth-order valence-electron chi connectivity index (χ4n) is 0.827. The largest absolute Gasteiger partial charge is 0.512 e. The molecule has 62 valence electrons. The minimum Gasteiger partial charge on any atom is -0.512 e. The van der Waals surface area contributed by atoms with Crippen LogP contribution in [0.15, 0.2) is 37.6 Å². The second-order valence-electron chi connectivity index (χ2n) is 2.34. The van der Waals surface area contributed by atoms with E-state index in [0.29, 0.717) is 6.54 Å². The van der Waals surface area contributed by atoms with Gasteiger partial charge in [0.25, 0.3) is 0 Å². The Morgan fingerprint density at radius 2 is 1.73 bits per heavy atom. The highest BCUT2D eigenvalue weighted by Gasteiger charge is 2.00. The summed E-state index contributed by atoms with van der Waals surface area (Å²) in [5, 5.41) is 8.87. The molecule has 0 aromatic rings. The standard InChI is InChI=1S/C9H15NO/c1-4-6-10(7-5-2)8-9(3)11/h4-5,11H,1-3,6-8H2. The lowest BCUT2D eigenvalue weighted by molar-refractivity contribution is 0.290. The first-order valence-corrected chi connectivity index (χ1v) is 3.51. The molecule has 0 heterocycles. The monoisotopic (exact) mass is 153 g/mol. The van der Waals surface area contributed by atoms with Gasteiger partial charge in [0.15, 0.2) is 0 Å². The molecule has 0 rings (SSSR count). The van der Waals surface area contributed by atoms with Crippen LogP contribution < -0.4 is 0 Å². The van der Waals surface area contributed by atoms with Crippen LogP contribution in [0.1, 0.15) is 0 Å². The topological polar surface area (TPSA) is 23.5 Å². The van der Waals surface area contributed by atoms with Crippen molar-refractivity contribution >= 4 is 0 Å². The zero-order valence-electron chi connectivity index (χ0n) is 6.79. The average Bonchev–Trinajstić information content (AvgIpc) is 1.87. The summed E-state index contributed by atoms with van der Waals surface area (Å²) in [6.07, 6.45) is 3.57. The molecule has 0 aromatic heterocycles. The van der Waals surface area contributed by atoms with E-state index in [2.05, 4.69) is 19.7 Å². The molecule has 0 aliphatic rings. The van der Waals surface area contributed by atoms with E-state index in [1.54, 1.807) is 12.2 Å². The van der Waals surface area contributed by atoms with Crippen molar-refractivity contribution in [2.75, 3.05) is 19.6 Å². The van der Waals surface area contributed by atoms with Gasteiger partial charge >= 0.3 is 0 Å². The van der Waals surface area contributed by atoms with Crippen molar-refractivity contribution < 1.29 is 5.11 Å². The molecule has 0 bridgehead atoms. The highest BCUT2D eigenvalue weighted by Crippen LogP contribution is 1.93. The van der Waals surface area contributed by atoms with Gasteiger partial charge in [-0.2, -0.15) is 0 Å². The first-order valence-electron chi connectivity index (χ1n) is 3.51. The lowest BCUT2D eigenvalue weighted by atomic mass is 10.4. The van der Waals surface area contributed by atoms with Gasteiger partial charge in [-0.05, 0) is 0 Å². The van der Waals surface area contributed by atoms with Crippen LogP contribution in [-0.4, -0.2) is 29.6 Å². The number of aliphatic hydroxyl groups excluding tert-OH is 1. The van der Waals surface area contributed by atoms with E-state index in [0.717, 1.165) is 13.1 Å². The van der Waals surface area contributed by atoms with E-state index in [1.807, 2.05) is 4.90 Å². The molecule has 0 aromatic carbocycles. The summed E-state index contributed by atoms with van der Waals surface area (Å²) in [5.41, 5.74) is 0. The molecule has 0 unspecified atom stereocenters. The van der Waals surface area contributed by atoms with Crippen molar-refractivity contribution in [3.05, 3.63) is 37.6 Å². The van der Waals surface area contributed by atoms with Gasteiger partial charge < -0.3 is 5.11 Å². The predicted octanol–water partition coefficient (Wildman–Crippen LogP) is 1.73. The van der Waals surface area contributed by atoms with Crippen LogP contribution in [0.2, 0.25) is 0 Å². The second-order valence-corrected chi connectivity index (χ2v) is 2.34. The number of rotatable bonds is 6. The van der Waals surface area contributed by atoms with Gasteiger partial charge in [-0.3, -0.25) is 4.90 Å². The quantitative estimate of drug-likeness (QED) is 0.464. The summed E-state index contributed by atoms with van der Waals surface area (Å²) in [6, 6.07) is 0. The normalized spacial score (nSPS) is 9.55. The van der Waals surface area contributed by atoms with Gasteiger partial charge in [-0.15, -0.1) is 13.2 Å². The number of aliphatic hydroxyl groups is 1. The molecule has 0 atom stereocenters. The third kappa shape index (κ3) is 5.43. The number of hydrogen-bond acceptors (Lipinski definition) is 2. The first kappa shape index (κ1) is 9.98. The van der Waals surface area contributed by atoms with E-state index in [-0.39, 0.29) is 5.76 Å². The molecule has 0 amide bonds. The maximum atomic E-state index is 8.87. The summed E-state index contributed by atoms with van der Waals surface area (Å²) in [4.78, 5) is 1.97. The van der Waals surface area contributed by atoms with Crippen LogP contribution >= 0.6 is 0 Å². The van der Waals surface area contributed by atoms with Crippen molar-refractivity contribution in [2.45, 2.75) is 0 Å². The Morgan fingerprint density at radius 1 is 1.27 bits per heavy atom. The minimum atomic E-state index is 0.175. The molecule has 0 radical (unpaired) electrons. The summed E-state index contributed by atoms with van der Waals surface area (Å²) in [5.74, 6) is 0.175. The maximum Gasteiger partial charge on any atom is 0.0991 e. The number of nitrogens with zero attached hydrogens (tertiary/aromatic N) is 1. The molecule has 2 nitrogen and oxygen atoms in total. The van der Waals surface area contributed by atoms with E-state index in [4.69, 9.17) is 5.11 Å². The Hall–Kier alpha value is -1.02. The van der Waals surface area contributed by atoms with Gasteiger partial charge in [-0.25, -0.2) is 0 Å². The molecule has 11 heavy (non-hydrogen) atoms. The average molecular weight is 153 g/mol. The molecule has 0 spiro atoms. The predicted molar refractivity (Wildman–Crippen MR) is 48.6 cm³/mol. The van der Waals surface area contributed by atoms with Crippen LogP contribution in [0.4, 0.5) is 0 Å². The molecule has 2 heteroatoms. The molecule has 0 aliphatic heterocycles. The van der Waals surface area contributed by atoms with Crippen LogP contribution in [0.5, 0.6) is 0 Å². The maximum absolute atomic E-state index is 8.87. The Bertz CT molecular complexity index is 142. The summed E-state index contributed by atoms with van der Waals surface area (Å²) in [7, 11) is 0. The van der Waals surface area contributed by atoms with E-state index in [9.17, 15) is 0 Å². The number of hydrogen-bond donors (Lipinski definition) is 1. The lowest BCUT2D eigenvalue weighted by Crippen LogP contribution is -2.25. The van der Waals surface area contributed by atoms with E-state index in [1.165, 1.54) is 0 Å². The van der Waals surface area contributed by atoms with Crippen LogP contribution in [0.25, 0.3) is 0 Å². The summed E-state index contributed by atoms with van der Waals surface area (Å²) in [6.45, 7) is 12.6. The van der Waals surface area contributed by atoms with Crippen LogP contribution in [-0.2, 0) is 0 Å². The van der Waals surface area contributed by atoms with Crippen molar-refractivity contribution in [3.8, 4) is 0 Å². The Kier molecular flexibility index (Phi) is 5.21. The molecule has 1 N–H and O–H groups in total. The minimum absolute atomic E-state index is 0.175. The lowest BCUT2D eigenvalue weighted by Gasteiger charge is -2.16. The molecular weight excluding hydrogens is 138 g/mol.